The summed E-state index contributed by atoms with van der Waals surface area (Å²) in [5, 5.41) is 17.3. The Balaban J connectivity index is 1.61. The van der Waals surface area contributed by atoms with E-state index in [4.69, 9.17) is 27.8 Å². The number of nitrogens with two attached hydrogens (primary N) is 2. The fraction of sp³-hybridized carbons (Fsp3) is 0.111. The first-order valence-electron chi connectivity index (χ1n) is 8.60. The number of hydrazone groups is 1. The minimum absolute atomic E-state index is 0.0279. The molecule has 0 saturated heterocycles. The highest BCUT2D eigenvalue weighted by molar-refractivity contribution is 7.89. The second-order valence-corrected chi connectivity index (χ2v) is 8.18. The Labute approximate surface area is 178 Å². The van der Waals surface area contributed by atoms with Crippen LogP contribution < -0.4 is 21.0 Å². The third-order valence-electron chi connectivity index (χ3n) is 3.96. The fourth-order valence-electron chi connectivity index (χ4n) is 2.43. The van der Waals surface area contributed by atoms with Gasteiger partial charge >= 0.3 is 0 Å². The van der Waals surface area contributed by atoms with Crippen LogP contribution in [0, 0.1) is 0 Å². The van der Waals surface area contributed by atoms with Gasteiger partial charge in [0.05, 0.1) is 22.5 Å². The van der Waals surface area contributed by atoms with Crippen molar-refractivity contribution in [3.05, 3.63) is 66.0 Å². The number of nitrogens with one attached hydrogen (secondary N) is 1. The maximum atomic E-state index is 11.3. The highest BCUT2D eigenvalue weighted by atomic mass is 32.2. The van der Waals surface area contributed by atoms with Crippen molar-refractivity contribution in [1.82, 2.24) is 20.4 Å². The standard InChI is InChI=1S/C18H19N7O3S2/c1-12(21-23-18(19)29)13-2-6-16(7-3-13)28-11-14-10-25(24-22-14)15-4-8-17(9-5-15)30(20,26)27/h2-10H,11H2,1H3,(H3,19,23,29)(H2,20,26,27)/b21-12-. The van der Waals surface area contributed by atoms with Crippen LogP contribution in [0.15, 0.2) is 64.7 Å². The van der Waals surface area contributed by atoms with E-state index >= 15 is 0 Å². The average Bonchev–Trinajstić information content (AvgIpc) is 3.19. The Kier molecular flexibility index (Phi) is 6.40. The predicted molar refractivity (Wildman–Crippen MR) is 116 cm³/mol. The molecule has 0 radical (unpaired) electrons. The number of ether oxygens (including phenoxy) is 1. The van der Waals surface area contributed by atoms with Gasteiger partial charge in [-0.2, -0.15) is 5.10 Å². The Morgan fingerprint density at radius 3 is 2.47 bits per heavy atom. The van der Waals surface area contributed by atoms with Gasteiger partial charge in [0.25, 0.3) is 0 Å². The number of nitrogens with zero attached hydrogens (tertiary/aromatic N) is 4. The molecule has 0 aliphatic rings. The molecule has 0 aliphatic heterocycles. The van der Waals surface area contributed by atoms with Crippen LogP contribution >= 0.6 is 12.2 Å². The van der Waals surface area contributed by atoms with Crippen LogP contribution in [0.3, 0.4) is 0 Å². The lowest BCUT2D eigenvalue weighted by atomic mass is 10.1. The van der Waals surface area contributed by atoms with Crippen molar-refractivity contribution in [3.63, 3.8) is 0 Å². The van der Waals surface area contributed by atoms with Crippen LogP contribution in [0.1, 0.15) is 18.2 Å². The van der Waals surface area contributed by atoms with Gasteiger partial charge in [-0.25, -0.2) is 18.2 Å². The lowest BCUT2D eigenvalue weighted by molar-refractivity contribution is 0.301. The number of thiocarbonyl (C=S) groups is 1. The van der Waals surface area contributed by atoms with Gasteiger partial charge < -0.3 is 10.5 Å². The molecule has 12 heteroatoms. The molecule has 0 spiro atoms. The van der Waals surface area contributed by atoms with E-state index in [0.717, 1.165) is 11.3 Å². The van der Waals surface area contributed by atoms with Gasteiger partial charge in [0.15, 0.2) is 5.11 Å². The molecule has 156 valence electrons. The molecule has 0 bridgehead atoms. The molecular weight excluding hydrogens is 426 g/mol. The number of rotatable bonds is 7. The van der Waals surface area contributed by atoms with Crippen molar-refractivity contribution in [2.75, 3.05) is 0 Å². The van der Waals surface area contributed by atoms with Crippen molar-refractivity contribution >= 4 is 33.1 Å². The topological polar surface area (TPSA) is 151 Å². The third kappa shape index (κ3) is 5.59. The largest absolute Gasteiger partial charge is 0.487 e. The number of sulfonamides is 1. The molecule has 10 nitrogen and oxygen atoms in total. The predicted octanol–water partition coefficient (Wildman–Crippen LogP) is 1.05. The molecule has 3 rings (SSSR count). The van der Waals surface area contributed by atoms with Crippen LogP contribution in [-0.4, -0.2) is 34.2 Å². The van der Waals surface area contributed by atoms with E-state index in [0.29, 0.717) is 17.1 Å². The van der Waals surface area contributed by atoms with Crippen molar-refractivity contribution in [2.45, 2.75) is 18.4 Å². The molecule has 3 aromatic rings. The van der Waals surface area contributed by atoms with E-state index in [2.05, 4.69) is 20.8 Å². The second kappa shape index (κ2) is 8.98. The van der Waals surface area contributed by atoms with Gasteiger partial charge in [-0.15, -0.1) is 5.10 Å². The molecule has 0 atom stereocenters. The second-order valence-electron chi connectivity index (χ2n) is 6.18. The normalized spacial score (nSPS) is 11.9. The highest BCUT2D eigenvalue weighted by Crippen LogP contribution is 2.15. The van der Waals surface area contributed by atoms with Crippen LogP contribution in [0.5, 0.6) is 5.75 Å². The zero-order valence-electron chi connectivity index (χ0n) is 15.9. The number of hydrogen-bond donors (Lipinski definition) is 3. The zero-order chi connectivity index (χ0) is 21.7. The Hall–Kier alpha value is -3.35. The maximum absolute atomic E-state index is 11.3. The summed E-state index contributed by atoms with van der Waals surface area (Å²) in [5.41, 5.74) is 10.8. The summed E-state index contributed by atoms with van der Waals surface area (Å²) >= 11 is 4.72. The van der Waals surface area contributed by atoms with Crippen LogP contribution in [0.2, 0.25) is 0 Å². The molecule has 0 saturated carbocycles. The number of aromatic nitrogens is 3. The third-order valence-corrected chi connectivity index (χ3v) is 4.98. The number of primary sulfonamides is 1. The SMILES string of the molecule is C/C(=N/NC(N)=S)c1ccc(OCc2cn(-c3ccc(S(N)(=O)=O)cc3)nn2)cc1. The summed E-state index contributed by atoms with van der Waals surface area (Å²) in [4.78, 5) is 0.0279. The highest BCUT2D eigenvalue weighted by Gasteiger charge is 2.09. The molecule has 30 heavy (non-hydrogen) atoms. The van der Waals surface area contributed by atoms with E-state index in [9.17, 15) is 8.42 Å². The van der Waals surface area contributed by atoms with Crippen molar-refractivity contribution in [1.29, 1.82) is 0 Å². The first kappa shape index (κ1) is 21.4. The van der Waals surface area contributed by atoms with Gasteiger partial charge in [0, 0.05) is 0 Å². The molecule has 1 aromatic heterocycles. The van der Waals surface area contributed by atoms with Crippen LogP contribution in [-0.2, 0) is 16.6 Å². The lowest BCUT2D eigenvalue weighted by Crippen LogP contribution is -2.25. The van der Waals surface area contributed by atoms with Gasteiger partial charge in [0.2, 0.25) is 10.0 Å². The van der Waals surface area contributed by atoms with E-state index < -0.39 is 10.0 Å². The molecule has 0 fully saturated rings. The quantitative estimate of drug-likeness (QED) is 0.277. The molecule has 0 unspecified atom stereocenters. The summed E-state index contributed by atoms with van der Waals surface area (Å²) in [6.07, 6.45) is 1.69. The van der Waals surface area contributed by atoms with E-state index in [1.807, 2.05) is 31.2 Å². The number of hydrogen-bond acceptors (Lipinski definition) is 7. The Morgan fingerprint density at radius 2 is 1.87 bits per heavy atom. The molecule has 5 N–H and O–H groups in total. The van der Waals surface area contributed by atoms with Crippen molar-refractivity contribution in [3.8, 4) is 11.4 Å². The number of benzene rings is 2. The van der Waals surface area contributed by atoms with Crippen molar-refractivity contribution < 1.29 is 13.2 Å². The average molecular weight is 446 g/mol. The van der Waals surface area contributed by atoms with Gasteiger partial charge in [-0.1, -0.05) is 5.21 Å². The first-order valence-corrected chi connectivity index (χ1v) is 10.6. The summed E-state index contributed by atoms with van der Waals surface area (Å²) in [6.45, 7) is 2.04. The summed E-state index contributed by atoms with van der Waals surface area (Å²) in [6, 6.07) is 13.3. The molecule has 2 aromatic carbocycles. The molecular formula is C18H19N7O3S2. The van der Waals surface area contributed by atoms with E-state index in [1.54, 1.807) is 18.3 Å². The monoisotopic (exact) mass is 445 g/mol. The minimum Gasteiger partial charge on any atom is -0.487 e. The first-order chi connectivity index (χ1) is 14.2. The van der Waals surface area contributed by atoms with Crippen molar-refractivity contribution in [2.24, 2.45) is 16.0 Å². The summed E-state index contributed by atoms with van der Waals surface area (Å²) in [5.74, 6) is 0.654. The van der Waals surface area contributed by atoms with Crippen LogP contribution in [0.25, 0.3) is 5.69 Å². The van der Waals surface area contributed by atoms with Gasteiger partial charge in [-0.3, -0.25) is 5.43 Å². The van der Waals surface area contributed by atoms with Crippen LogP contribution in [0.4, 0.5) is 0 Å². The molecule has 0 amide bonds. The molecule has 1 heterocycles. The van der Waals surface area contributed by atoms with Gasteiger partial charge in [0.1, 0.15) is 18.1 Å². The summed E-state index contributed by atoms with van der Waals surface area (Å²) < 4.78 is 29.9. The van der Waals surface area contributed by atoms with E-state index in [-0.39, 0.29) is 16.6 Å². The Bertz CT molecular complexity index is 1170. The minimum atomic E-state index is -3.74. The van der Waals surface area contributed by atoms with E-state index in [1.165, 1.54) is 16.8 Å². The smallest absolute Gasteiger partial charge is 0.238 e. The fourth-order valence-corrected chi connectivity index (χ4v) is 2.99. The summed E-state index contributed by atoms with van der Waals surface area (Å²) in [7, 11) is -3.74. The Morgan fingerprint density at radius 1 is 1.20 bits per heavy atom. The molecule has 0 aliphatic carbocycles. The zero-order valence-corrected chi connectivity index (χ0v) is 17.5. The lowest BCUT2D eigenvalue weighted by Gasteiger charge is -2.06. The van der Waals surface area contributed by atoms with Gasteiger partial charge in [-0.05, 0) is 73.2 Å². The maximum Gasteiger partial charge on any atom is 0.238 e.